The highest BCUT2D eigenvalue weighted by Gasteiger charge is 2.36. The fourth-order valence-electron chi connectivity index (χ4n) is 3.25. The molecule has 1 aromatic rings. The summed E-state index contributed by atoms with van der Waals surface area (Å²) in [7, 11) is 0. The molecule has 1 saturated heterocycles. The van der Waals surface area contributed by atoms with E-state index in [1.54, 1.807) is 12.3 Å². The highest BCUT2D eigenvalue weighted by Crippen LogP contribution is 2.29. The number of nitrogens with zero attached hydrogens (tertiary/aromatic N) is 2. The molecule has 6 nitrogen and oxygen atoms in total. The summed E-state index contributed by atoms with van der Waals surface area (Å²) >= 11 is 0. The van der Waals surface area contributed by atoms with Crippen molar-refractivity contribution in [1.29, 1.82) is 0 Å². The predicted octanol–water partition coefficient (Wildman–Crippen LogP) is 1.77. The quantitative estimate of drug-likeness (QED) is 0.858. The monoisotopic (exact) mass is 329 g/mol. The second-order valence-corrected chi connectivity index (χ2v) is 6.27. The number of hydrogen-bond acceptors (Lipinski definition) is 4. The van der Waals surface area contributed by atoms with Gasteiger partial charge >= 0.3 is 0 Å². The number of morpholine rings is 1. The number of carbonyl (C=O) groups is 2. The fraction of sp³-hybridized carbons (Fsp3) is 0.500. The third-order valence-electron chi connectivity index (χ3n) is 4.57. The number of rotatable bonds is 3. The number of aryl methyl sites for hydroxylation is 1. The Morgan fingerprint density at radius 1 is 1.21 bits per heavy atom. The van der Waals surface area contributed by atoms with Gasteiger partial charge in [-0.3, -0.25) is 14.6 Å². The molecular formula is C18H23N3O3. The highest BCUT2D eigenvalue weighted by molar-refractivity contribution is 5.96. The van der Waals surface area contributed by atoms with E-state index in [2.05, 4.69) is 10.3 Å². The lowest BCUT2D eigenvalue weighted by Crippen LogP contribution is -2.47. The maximum Gasteiger partial charge on any atom is 0.228 e. The van der Waals surface area contributed by atoms with E-state index in [-0.39, 0.29) is 23.7 Å². The van der Waals surface area contributed by atoms with E-state index in [4.69, 9.17) is 4.74 Å². The number of aromatic nitrogens is 1. The minimum Gasteiger partial charge on any atom is -0.378 e. The molecule has 1 N–H and O–H groups in total. The average molecular weight is 329 g/mol. The van der Waals surface area contributed by atoms with Gasteiger partial charge in [0.05, 0.1) is 25.0 Å². The summed E-state index contributed by atoms with van der Waals surface area (Å²) in [6.07, 6.45) is 6.87. The first-order chi connectivity index (χ1) is 11.6. The van der Waals surface area contributed by atoms with E-state index in [0.29, 0.717) is 39.1 Å². The molecule has 6 heteroatoms. The first-order valence-corrected chi connectivity index (χ1v) is 8.40. The zero-order chi connectivity index (χ0) is 16.9. The fourth-order valence-corrected chi connectivity index (χ4v) is 3.25. The minimum absolute atomic E-state index is 0.0636. The van der Waals surface area contributed by atoms with Crippen LogP contribution in [-0.2, 0) is 14.3 Å². The standard InChI is InChI=1S/C18H23N3O3/c1-13-12-14(6-7-19-13)20-17(22)15-4-2-3-5-16(15)18(23)21-8-10-24-11-9-21/h2-3,6-7,12,15-16H,4-5,8-11H2,1H3,(H,19,20,22)/t15-,16+/m1/s1. The first kappa shape index (κ1) is 16.6. The largest absolute Gasteiger partial charge is 0.378 e. The summed E-state index contributed by atoms with van der Waals surface area (Å²) in [5.41, 5.74) is 1.57. The van der Waals surface area contributed by atoms with E-state index >= 15 is 0 Å². The molecule has 0 bridgehead atoms. The summed E-state index contributed by atoms with van der Waals surface area (Å²) in [5, 5.41) is 2.93. The van der Waals surface area contributed by atoms with Crippen molar-refractivity contribution in [2.75, 3.05) is 31.6 Å². The summed E-state index contributed by atoms with van der Waals surface area (Å²) in [6, 6.07) is 3.59. The van der Waals surface area contributed by atoms with E-state index in [0.717, 1.165) is 11.4 Å². The maximum absolute atomic E-state index is 12.8. The third-order valence-corrected chi connectivity index (χ3v) is 4.57. The van der Waals surface area contributed by atoms with Crippen molar-refractivity contribution in [3.05, 3.63) is 36.2 Å². The van der Waals surface area contributed by atoms with Crippen molar-refractivity contribution in [3.8, 4) is 0 Å². The van der Waals surface area contributed by atoms with Crippen LogP contribution in [0.5, 0.6) is 0 Å². The van der Waals surface area contributed by atoms with Gasteiger partial charge in [0.2, 0.25) is 11.8 Å². The van der Waals surface area contributed by atoms with Crippen LogP contribution in [0.25, 0.3) is 0 Å². The summed E-state index contributed by atoms with van der Waals surface area (Å²) < 4.78 is 5.31. The molecule has 0 unspecified atom stereocenters. The number of nitrogens with one attached hydrogen (secondary N) is 1. The van der Waals surface area contributed by atoms with Gasteiger partial charge in [-0.1, -0.05) is 12.2 Å². The number of anilines is 1. The van der Waals surface area contributed by atoms with E-state index in [1.165, 1.54) is 0 Å². The van der Waals surface area contributed by atoms with Crippen LogP contribution in [-0.4, -0.2) is 48.0 Å². The molecule has 1 fully saturated rings. The van der Waals surface area contributed by atoms with Gasteiger partial charge < -0.3 is 15.0 Å². The highest BCUT2D eigenvalue weighted by atomic mass is 16.5. The predicted molar refractivity (Wildman–Crippen MR) is 90.4 cm³/mol. The molecule has 0 aromatic carbocycles. The van der Waals surface area contributed by atoms with Crippen LogP contribution in [0.1, 0.15) is 18.5 Å². The van der Waals surface area contributed by atoms with Gasteiger partial charge in [0, 0.05) is 30.7 Å². The van der Waals surface area contributed by atoms with Crippen molar-refractivity contribution in [1.82, 2.24) is 9.88 Å². The summed E-state index contributed by atoms with van der Waals surface area (Å²) in [5.74, 6) is -0.667. The van der Waals surface area contributed by atoms with E-state index in [1.807, 2.05) is 30.0 Å². The van der Waals surface area contributed by atoms with Crippen molar-refractivity contribution < 1.29 is 14.3 Å². The van der Waals surface area contributed by atoms with Crippen LogP contribution in [0.2, 0.25) is 0 Å². The lowest BCUT2D eigenvalue weighted by atomic mass is 9.81. The van der Waals surface area contributed by atoms with Gasteiger partial charge in [-0.05, 0) is 31.9 Å². The van der Waals surface area contributed by atoms with Gasteiger partial charge in [0.25, 0.3) is 0 Å². The molecule has 1 aromatic heterocycles. The molecule has 2 amide bonds. The Hall–Kier alpha value is -2.21. The number of amides is 2. The summed E-state index contributed by atoms with van der Waals surface area (Å²) in [6.45, 7) is 4.24. The Kier molecular flexibility index (Phi) is 5.25. The maximum atomic E-state index is 12.8. The molecule has 1 aliphatic carbocycles. The molecule has 0 saturated carbocycles. The van der Waals surface area contributed by atoms with Crippen molar-refractivity contribution >= 4 is 17.5 Å². The Morgan fingerprint density at radius 3 is 2.62 bits per heavy atom. The Labute approximate surface area is 141 Å². The van der Waals surface area contributed by atoms with E-state index < -0.39 is 0 Å². The lowest BCUT2D eigenvalue weighted by Gasteiger charge is -2.34. The molecule has 0 radical (unpaired) electrons. The topological polar surface area (TPSA) is 71.5 Å². The third kappa shape index (κ3) is 3.82. The smallest absolute Gasteiger partial charge is 0.228 e. The van der Waals surface area contributed by atoms with Crippen molar-refractivity contribution in [2.24, 2.45) is 11.8 Å². The van der Waals surface area contributed by atoms with Gasteiger partial charge in [0.15, 0.2) is 0 Å². The van der Waals surface area contributed by atoms with Gasteiger partial charge in [-0.2, -0.15) is 0 Å². The van der Waals surface area contributed by atoms with Crippen LogP contribution in [0.15, 0.2) is 30.5 Å². The Bertz CT molecular complexity index is 638. The molecule has 24 heavy (non-hydrogen) atoms. The van der Waals surface area contributed by atoms with Crippen LogP contribution >= 0.6 is 0 Å². The van der Waals surface area contributed by atoms with Crippen molar-refractivity contribution in [3.63, 3.8) is 0 Å². The molecule has 128 valence electrons. The van der Waals surface area contributed by atoms with Crippen LogP contribution in [0, 0.1) is 18.8 Å². The number of pyridine rings is 1. The van der Waals surface area contributed by atoms with E-state index in [9.17, 15) is 9.59 Å². The first-order valence-electron chi connectivity index (χ1n) is 8.40. The molecule has 2 atom stereocenters. The second-order valence-electron chi connectivity index (χ2n) is 6.27. The Balaban J connectivity index is 1.70. The average Bonchev–Trinajstić information content (AvgIpc) is 2.62. The molecular weight excluding hydrogens is 306 g/mol. The SMILES string of the molecule is Cc1cc(NC(=O)[C@@H]2CC=CC[C@@H]2C(=O)N2CCOCC2)ccn1. The molecule has 3 rings (SSSR count). The van der Waals surface area contributed by atoms with Crippen molar-refractivity contribution in [2.45, 2.75) is 19.8 Å². The number of ether oxygens (including phenoxy) is 1. The van der Waals surface area contributed by atoms with Crippen LogP contribution in [0.4, 0.5) is 5.69 Å². The van der Waals surface area contributed by atoms with Gasteiger partial charge in [-0.15, -0.1) is 0 Å². The molecule has 2 heterocycles. The number of carbonyl (C=O) groups excluding carboxylic acids is 2. The second kappa shape index (κ2) is 7.57. The van der Waals surface area contributed by atoms with Gasteiger partial charge in [0.1, 0.15) is 0 Å². The molecule has 1 aliphatic heterocycles. The van der Waals surface area contributed by atoms with Crippen LogP contribution in [0.3, 0.4) is 0 Å². The zero-order valence-corrected chi connectivity index (χ0v) is 13.9. The molecule has 0 spiro atoms. The number of allylic oxidation sites excluding steroid dienone is 2. The number of hydrogen-bond donors (Lipinski definition) is 1. The minimum atomic E-state index is -0.334. The lowest BCUT2D eigenvalue weighted by molar-refractivity contribution is -0.144. The van der Waals surface area contributed by atoms with Crippen LogP contribution < -0.4 is 5.32 Å². The summed E-state index contributed by atoms with van der Waals surface area (Å²) in [4.78, 5) is 31.5. The Morgan fingerprint density at radius 2 is 1.92 bits per heavy atom. The zero-order valence-electron chi connectivity index (χ0n) is 13.9. The normalized spacial score (nSPS) is 23.8. The molecule has 2 aliphatic rings. The van der Waals surface area contributed by atoms with Gasteiger partial charge in [-0.25, -0.2) is 0 Å².